The Labute approximate surface area is 113 Å². The quantitative estimate of drug-likeness (QED) is 0.726. The summed E-state index contributed by atoms with van der Waals surface area (Å²) < 4.78 is 11.5. The summed E-state index contributed by atoms with van der Waals surface area (Å²) in [5, 5.41) is 3.30. The van der Waals surface area contributed by atoms with E-state index in [0.717, 1.165) is 19.6 Å². The highest BCUT2D eigenvalue weighted by Crippen LogP contribution is 2.47. The van der Waals surface area contributed by atoms with Crippen LogP contribution < -0.4 is 5.32 Å². The third kappa shape index (κ3) is 1.82. The van der Waals surface area contributed by atoms with Gasteiger partial charge >= 0.3 is 0 Å². The van der Waals surface area contributed by atoms with Gasteiger partial charge in [-0.05, 0) is 19.8 Å². The van der Waals surface area contributed by atoms with Crippen molar-refractivity contribution in [1.29, 1.82) is 0 Å². The van der Waals surface area contributed by atoms with Gasteiger partial charge in [-0.1, -0.05) is 0 Å². The second kappa shape index (κ2) is 4.43. The predicted molar refractivity (Wildman–Crippen MR) is 68.7 cm³/mol. The molecule has 5 heteroatoms. The molecule has 0 aliphatic carbocycles. The highest BCUT2D eigenvalue weighted by molar-refractivity contribution is 5.83. The van der Waals surface area contributed by atoms with Gasteiger partial charge in [0.05, 0.1) is 24.9 Å². The first-order valence-corrected chi connectivity index (χ1v) is 7.53. The van der Waals surface area contributed by atoms with E-state index in [1.165, 1.54) is 12.8 Å². The summed E-state index contributed by atoms with van der Waals surface area (Å²) in [6, 6.07) is -0.161. The molecule has 4 fully saturated rings. The molecule has 0 aromatic carbocycles. The van der Waals surface area contributed by atoms with Crippen LogP contribution in [0.1, 0.15) is 19.8 Å². The van der Waals surface area contributed by atoms with Crippen LogP contribution in [-0.4, -0.2) is 61.4 Å². The molecule has 0 aromatic heterocycles. The molecule has 2 bridgehead atoms. The Morgan fingerprint density at radius 1 is 1.21 bits per heavy atom. The van der Waals surface area contributed by atoms with Crippen LogP contribution in [-0.2, 0) is 14.3 Å². The Morgan fingerprint density at radius 3 is 2.53 bits per heavy atom. The average molecular weight is 266 g/mol. The zero-order valence-corrected chi connectivity index (χ0v) is 11.4. The van der Waals surface area contributed by atoms with Crippen LogP contribution in [0.15, 0.2) is 0 Å². The summed E-state index contributed by atoms with van der Waals surface area (Å²) in [6.45, 7) is 5.23. The minimum absolute atomic E-state index is 0.0188. The first-order chi connectivity index (χ1) is 9.24. The zero-order chi connectivity index (χ0) is 13.0. The molecule has 0 aromatic rings. The van der Waals surface area contributed by atoms with Crippen molar-refractivity contribution in [3.05, 3.63) is 0 Å². The summed E-state index contributed by atoms with van der Waals surface area (Å²) in [5.41, 5.74) is 0. The second-order valence-corrected chi connectivity index (χ2v) is 6.37. The molecule has 4 saturated heterocycles. The second-order valence-electron chi connectivity index (χ2n) is 6.37. The number of amides is 1. The number of ether oxygens (including phenoxy) is 2. The Hall–Kier alpha value is -0.650. The van der Waals surface area contributed by atoms with E-state index < -0.39 is 0 Å². The van der Waals surface area contributed by atoms with Crippen LogP contribution in [0.4, 0.5) is 0 Å². The van der Waals surface area contributed by atoms with E-state index >= 15 is 0 Å². The van der Waals surface area contributed by atoms with Crippen LogP contribution in [0.5, 0.6) is 0 Å². The number of nitrogens with one attached hydrogen (secondary N) is 1. The van der Waals surface area contributed by atoms with E-state index in [1.54, 1.807) is 0 Å². The molecule has 4 unspecified atom stereocenters. The lowest BCUT2D eigenvalue weighted by Gasteiger charge is -2.32. The van der Waals surface area contributed by atoms with Crippen molar-refractivity contribution >= 4 is 5.91 Å². The van der Waals surface area contributed by atoms with Crippen LogP contribution >= 0.6 is 0 Å². The van der Waals surface area contributed by atoms with E-state index in [0.29, 0.717) is 30.7 Å². The fourth-order valence-electron chi connectivity index (χ4n) is 4.35. The van der Waals surface area contributed by atoms with Gasteiger partial charge in [0.25, 0.3) is 0 Å². The van der Waals surface area contributed by atoms with Crippen molar-refractivity contribution in [1.82, 2.24) is 10.2 Å². The molecule has 0 spiro atoms. The maximum absolute atomic E-state index is 12.6. The van der Waals surface area contributed by atoms with Crippen LogP contribution in [0.25, 0.3) is 0 Å². The number of rotatable bonds is 1. The van der Waals surface area contributed by atoms with Gasteiger partial charge in [0.1, 0.15) is 6.04 Å². The maximum atomic E-state index is 12.6. The number of nitrogens with zero attached hydrogens (tertiary/aromatic N) is 1. The molecule has 5 nitrogen and oxygen atoms in total. The van der Waals surface area contributed by atoms with Crippen LogP contribution in [0, 0.1) is 11.8 Å². The minimum atomic E-state index is -0.161. The maximum Gasteiger partial charge on any atom is 0.242 e. The summed E-state index contributed by atoms with van der Waals surface area (Å²) in [6.07, 6.45) is 3.20. The number of hydrogen-bond donors (Lipinski definition) is 1. The Kier molecular flexibility index (Phi) is 2.83. The fraction of sp³-hybridized carbons (Fsp3) is 0.929. The molecule has 106 valence electrons. The van der Waals surface area contributed by atoms with Crippen molar-refractivity contribution in [3.63, 3.8) is 0 Å². The molecule has 1 amide bonds. The average Bonchev–Trinajstić information content (AvgIpc) is 3.10. The molecule has 0 saturated carbocycles. The Bertz CT molecular complexity index is 371. The van der Waals surface area contributed by atoms with Gasteiger partial charge in [0.2, 0.25) is 5.91 Å². The van der Waals surface area contributed by atoms with Crippen molar-refractivity contribution < 1.29 is 14.3 Å². The zero-order valence-electron chi connectivity index (χ0n) is 11.4. The molecule has 4 aliphatic rings. The van der Waals surface area contributed by atoms with Gasteiger partial charge in [-0.3, -0.25) is 4.79 Å². The molecular formula is C14H22N2O3. The SMILES string of the molecule is C[C@H]1OCCN[C@@H]1C(=O)N1CC2C3CCC(O3)C2C1. The molecule has 19 heavy (non-hydrogen) atoms. The van der Waals surface area contributed by atoms with Gasteiger partial charge in [0, 0.05) is 31.5 Å². The predicted octanol–water partition coefficient (Wildman–Crippen LogP) is -0.000900. The summed E-state index contributed by atoms with van der Waals surface area (Å²) >= 11 is 0. The smallest absolute Gasteiger partial charge is 0.242 e. The number of carbonyl (C=O) groups is 1. The van der Waals surface area contributed by atoms with E-state index in [9.17, 15) is 4.79 Å². The minimum Gasteiger partial charge on any atom is -0.375 e. The van der Waals surface area contributed by atoms with Gasteiger partial charge < -0.3 is 19.7 Å². The van der Waals surface area contributed by atoms with Crippen molar-refractivity contribution in [2.75, 3.05) is 26.2 Å². The normalized spacial score (nSPS) is 48.6. The fourth-order valence-corrected chi connectivity index (χ4v) is 4.35. The van der Waals surface area contributed by atoms with E-state index in [4.69, 9.17) is 9.47 Å². The van der Waals surface area contributed by atoms with Crippen molar-refractivity contribution in [3.8, 4) is 0 Å². The molecule has 4 rings (SSSR count). The van der Waals surface area contributed by atoms with Gasteiger partial charge in [-0.15, -0.1) is 0 Å². The standard InChI is InChI=1S/C14H22N2O3/c1-8-13(15-4-5-18-8)14(17)16-6-9-10(7-16)12-3-2-11(9)19-12/h8-13,15H,2-7H2,1H3/t8-,9?,10?,11?,12?,13+/m1/s1. The highest BCUT2D eigenvalue weighted by atomic mass is 16.5. The summed E-state index contributed by atoms with van der Waals surface area (Å²) in [5.74, 6) is 1.39. The number of fused-ring (bicyclic) bond motifs is 5. The summed E-state index contributed by atoms with van der Waals surface area (Å²) in [4.78, 5) is 14.7. The Morgan fingerprint density at radius 2 is 1.89 bits per heavy atom. The first-order valence-electron chi connectivity index (χ1n) is 7.53. The third-order valence-corrected chi connectivity index (χ3v) is 5.35. The molecule has 4 aliphatic heterocycles. The third-order valence-electron chi connectivity index (χ3n) is 5.35. The van der Waals surface area contributed by atoms with E-state index in [2.05, 4.69) is 5.32 Å². The number of likely N-dealkylation sites (tertiary alicyclic amines) is 1. The van der Waals surface area contributed by atoms with Gasteiger partial charge in [-0.2, -0.15) is 0 Å². The van der Waals surface area contributed by atoms with Gasteiger partial charge in [-0.25, -0.2) is 0 Å². The monoisotopic (exact) mass is 266 g/mol. The molecule has 1 N–H and O–H groups in total. The van der Waals surface area contributed by atoms with Crippen LogP contribution in [0.3, 0.4) is 0 Å². The van der Waals surface area contributed by atoms with Gasteiger partial charge in [0.15, 0.2) is 0 Å². The number of morpholine rings is 1. The number of carbonyl (C=O) groups excluding carboxylic acids is 1. The van der Waals surface area contributed by atoms with Crippen molar-refractivity contribution in [2.45, 2.75) is 44.1 Å². The van der Waals surface area contributed by atoms with E-state index in [-0.39, 0.29) is 18.1 Å². The lowest BCUT2D eigenvalue weighted by Crippen LogP contribution is -2.56. The topological polar surface area (TPSA) is 50.8 Å². The highest BCUT2D eigenvalue weighted by Gasteiger charge is 2.54. The van der Waals surface area contributed by atoms with Crippen molar-refractivity contribution in [2.24, 2.45) is 11.8 Å². The molecule has 6 atom stereocenters. The van der Waals surface area contributed by atoms with E-state index in [1.807, 2.05) is 11.8 Å². The molecule has 4 heterocycles. The lowest BCUT2D eigenvalue weighted by molar-refractivity contribution is -0.139. The largest absolute Gasteiger partial charge is 0.375 e. The summed E-state index contributed by atoms with van der Waals surface area (Å²) in [7, 11) is 0. The first kappa shape index (κ1) is 12.1. The number of hydrogen-bond acceptors (Lipinski definition) is 4. The lowest BCUT2D eigenvalue weighted by atomic mass is 9.82. The van der Waals surface area contributed by atoms with Crippen LogP contribution in [0.2, 0.25) is 0 Å². The molecule has 0 radical (unpaired) electrons. The Balaban J connectivity index is 1.45. The molecular weight excluding hydrogens is 244 g/mol.